The van der Waals surface area contributed by atoms with Crippen molar-refractivity contribution in [1.82, 2.24) is 5.32 Å². The summed E-state index contributed by atoms with van der Waals surface area (Å²) in [7, 11) is 0. The van der Waals surface area contributed by atoms with Crippen molar-refractivity contribution >= 4 is 11.9 Å². The molecule has 0 saturated carbocycles. The number of amides is 1. The van der Waals surface area contributed by atoms with Crippen molar-refractivity contribution in [2.75, 3.05) is 0 Å². The molecule has 4 heteroatoms. The molecule has 1 unspecified atom stereocenters. The Morgan fingerprint density at radius 1 is 1.31 bits per heavy atom. The van der Waals surface area contributed by atoms with E-state index in [9.17, 15) is 9.59 Å². The second-order valence-corrected chi connectivity index (χ2v) is 3.67. The predicted octanol–water partition coefficient (Wildman–Crippen LogP) is 1.67. The van der Waals surface area contributed by atoms with Crippen molar-refractivity contribution in [3.63, 3.8) is 0 Å². The van der Waals surface area contributed by atoms with Gasteiger partial charge in [-0.15, -0.1) is 0 Å². The van der Waals surface area contributed by atoms with Crippen LogP contribution in [0.25, 0.3) is 0 Å². The maximum Gasteiger partial charge on any atom is 0.303 e. The highest BCUT2D eigenvalue weighted by Crippen LogP contribution is 2.01. The summed E-state index contributed by atoms with van der Waals surface area (Å²) in [4.78, 5) is 22.0. The molecule has 0 bridgehead atoms. The van der Waals surface area contributed by atoms with Crippen LogP contribution >= 0.6 is 0 Å². The summed E-state index contributed by atoms with van der Waals surface area (Å²) in [5, 5.41) is 11.3. The predicted molar refractivity (Wildman–Crippen MR) is 60.2 cm³/mol. The molecule has 4 nitrogen and oxygen atoms in total. The Labute approximate surface area is 94.3 Å². The quantitative estimate of drug-likeness (QED) is 0.794. The van der Waals surface area contributed by atoms with E-state index in [4.69, 9.17) is 5.11 Å². The lowest BCUT2D eigenvalue weighted by atomic mass is 10.1. The van der Waals surface area contributed by atoms with Gasteiger partial charge in [0, 0.05) is 18.0 Å². The molecule has 0 aliphatic heterocycles. The zero-order chi connectivity index (χ0) is 12.0. The lowest BCUT2D eigenvalue weighted by molar-refractivity contribution is -0.137. The maximum absolute atomic E-state index is 11.6. The van der Waals surface area contributed by atoms with Crippen molar-refractivity contribution in [3.8, 4) is 0 Å². The molecule has 1 atom stereocenters. The normalized spacial score (nSPS) is 11.8. The summed E-state index contributed by atoms with van der Waals surface area (Å²) in [6.07, 6.45) is 0.504. The highest BCUT2D eigenvalue weighted by atomic mass is 16.4. The number of benzene rings is 1. The number of rotatable bonds is 5. The first-order valence-corrected chi connectivity index (χ1v) is 5.17. The number of hydrogen-bond donors (Lipinski definition) is 2. The van der Waals surface area contributed by atoms with Crippen LogP contribution in [0, 0.1) is 0 Å². The third-order valence-corrected chi connectivity index (χ3v) is 2.20. The first-order valence-electron chi connectivity index (χ1n) is 5.17. The van der Waals surface area contributed by atoms with Crippen molar-refractivity contribution in [2.45, 2.75) is 25.8 Å². The molecule has 0 saturated heterocycles. The Bertz CT molecular complexity index is 362. The maximum atomic E-state index is 11.6. The molecule has 0 radical (unpaired) electrons. The van der Waals surface area contributed by atoms with E-state index in [1.54, 1.807) is 31.2 Å². The Morgan fingerprint density at radius 2 is 1.94 bits per heavy atom. The number of carbonyl (C=O) groups excluding carboxylic acids is 1. The molecule has 2 N–H and O–H groups in total. The van der Waals surface area contributed by atoms with E-state index in [2.05, 4.69) is 5.32 Å². The highest BCUT2D eigenvalue weighted by Gasteiger charge is 2.10. The van der Waals surface area contributed by atoms with Crippen LogP contribution in [-0.2, 0) is 4.79 Å². The fourth-order valence-corrected chi connectivity index (χ4v) is 1.31. The Hall–Kier alpha value is -1.84. The monoisotopic (exact) mass is 221 g/mol. The van der Waals surface area contributed by atoms with Gasteiger partial charge < -0.3 is 10.4 Å². The largest absolute Gasteiger partial charge is 0.481 e. The van der Waals surface area contributed by atoms with E-state index in [0.29, 0.717) is 12.0 Å². The summed E-state index contributed by atoms with van der Waals surface area (Å²) in [6, 6.07) is 8.72. The highest BCUT2D eigenvalue weighted by molar-refractivity contribution is 5.94. The van der Waals surface area contributed by atoms with E-state index < -0.39 is 5.97 Å². The van der Waals surface area contributed by atoms with Crippen molar-refractivity contribution in [1.29, 1.82) is 0 Å². The zero-order valence-corrected chi connectivity index (χ0v) is 9.14. The topological polar surface area (TPSA) is 66.4 Å². The molecule has 1 aromatic rings. The average molecular weight is 221 g/mol. The molecule has 86 valence electrons. The second kappa shape index (κ2) is 5.90. The third kappa shape index (κ3) is 4.13. The summed E-state index contributed by atoms with van der Waals surface area (Å²) < 4.78 is 0. The molecule has 1 aromatic carbocycles. The van der Waals surface area contributed by atoms with E-state index in [1.165, 1.54) is 0 Å². The van der Waals surface area contributed by atoms with Gasteiger partial charge in [-0.25, -0.2) is 0 Å². The lowest BCUT2D eigenvalue weighted by Gasteiger charge is -2.12. The minimum absolute atomic E-state index is 0.0657. The minimum Gasteiger partial charge on any atom is -0.481 e. The van der Waals surface area contributed by atoms with Gasteiger partial charge in [-0.2, -0.15) is 0 Å². The Balaban J connectivity index is 2.43. The smallest absolute Gasteiger partial charge is 0.303 e. The van der Waals surface area contributed by atoms with E-state index in [-0.39, 0.29) is 18.4 Å². The van der Waals surface area contributed by atoms with Gasteiger partial charge in [0.25, 0.3) is 5.91 Å². The van der Waals surface area contributed by atoms with Crippen LogP contribution in [0.1, 0.15) is 30.1 Å². The minimum atomic E-state index is -0.846. The summed E-state index contributed by atoms with van der Waals surface area (Å²) in [6.45, 7) is 1.80. The number of aliphatic carboxylic acids is 1. The van der Waals surface area contributed by atoms with Crippen LogP contribution in [0.5, 0.6) is 0 Å². The average Bonchev–Trinajstić information content (AvgIpc) is 2.27. The summed E-state index contributed by atoms with van der Waals surface area (Å²) in [5.41, 5.74) is 0.588. The molecule has 1 amide bonds. The Kier molecular flexibility index (Phi) is 4.51. The van der Waals surface area contributed by atoms with E-state index in [1.807, 2.05) is 6.07 Å². The lowest BCUT2D eigenvalue weighted by Crippen LogP contribution is -2.32. The molecule has 0 spiro atoms. The van der Waals surface area contributed by atoms with Crippen LogP contribution in [0.4, 0.5) is 0 Å². The summed E-state index contributed by atoms with van der Waals surface area (Å²) in [5.74, 6) is -1.01. The van der Waals surface area contributed by atoms with Crippen LogP contribution in [0.15, 0.2) is 30.3 Å². The van der Waals surface area contributed by atoms with Gasteiger partial charge >= 0.3 is 5.97 Å². The number of hydrogen-bond acceptors (Lipinski definition) is 2. The van der Waals surface area contributed by atoms with E-state index in [0.717, 1.165) is 0 Å². The fraction of sp³-hybridized carbons (Fsp3) is 0.333. The van der Waals surface area contributed by atoms with Crippen LogP contribution in [0.2, 0.25) is 0 Å². The van der Waals surface area contributed by atoms with Crippen molar-refractivity contribution < 1.29 is 14.7 Å². The second-order valence-electron chi connectivity index (χ2n) is 3.67. The molecule has 1 rings (SSSR count). The fourth-order valence-electron chi connectivity index (χ4n) is 1.31. The van der Waals surface area contributed by atoms with Crippen LogP contribution < -0.4 is 5.32 Å². The van der Waals surface area contributed by atoms with Gasteiger partial charge in [0.1, 0.15) is 0 Å². The summed E-state index contributed by atoms with van der Waals surface area (Å²) >= 11 is 0. The molecular formula is C12H15NO3. The van der Waals surface area contributed by atoms with Crippen molar-refractivity contribution in [3.05, 3.63) is 35.9 Å². The number of nitrogens with one attached hydrogen (secondary N) is 1. The van der Waals surface area contributed by atoms with Gasteiger partial charge in [-0.05, 0) is 25.5 Å². The third-order valence-electron chi connectivity index (χ3n) is 2.20. The molecule has 0 aliphatic rings. The molecule has 0 aromatic heterocycles. The van der Waals surface area contributed by atoms with Gasteiger partial charge in [0.05, 0.1) is 0 Å². The van der Waals surface area contributed by atoms with Crippen molar-refractivity contribution in [2.24, 2.45) is 0 Å². The first-order chi connectivity index (χ1) is 7.59. The van der Waals surface area contributed by atoms with Gasteiger partial charge in [0.2, 0.25) is 0 Å². The van der Waals surface area contributed by atoms with Gasteiger partial charge in [0.15, 0.2) is 0 Å². The van der Waals surface area contributed by atoms with Crippen LogP contribution in [0.3, 0.4) is 0 Å². The molecule has 16 heavy (non-hydrogen) atoms. The standard InChI is InChI=1S/C12H15NO3/c1-9(7-8-11(14)15)13-12(16)10-5-3-2-4-6-10/h2-6,9H,7-8H2,1H3,(H,13,16)(H,14,15). The van der Waals surface area contributed by atoms with Gasteiger partial charge in [-0.3, -0.25) is 9.59 Å². The molecule has 0 fully saturated rings. The zero-order valence-electron chi connectivity index (χ0n) is 9.14. The molecule has 0 aliphatic carbocycles. The molecular weight excluding hydrogens is 206 g/mol. The number of carboxylic acid groups (broad SMARTS) is 1. The number of carboxylic acids is 1. The Morgan fingerprint density at radius 3 is 2.50 bits per heavy atom. The van der Waals surface area contributed by atoms with Gasteiger partial charge in [-0.1, -0.05) is 18.2 Å². The SMILES string of the molecule is CC(CCC(=O)O)NC(=O)c1ccccc1. The van der Waals surface area contributed by atoms with E-state index >= 15 is 0 Å². The first kappa shape index (κ1) is 12.2. The number of carbonyl (C=O) groups is 2. The molecule has 0 heterocycles. The van der Waals surface area contributed by atoms with Crippen LogP contribution in [-0.4, -0.2) is 23.0 Å².